The minimum atomic E-state index is -1.90. The fourth-order valence-corrected chi connectivity index (χ4v) is 4.38. The van der Waals surface area contributed by atoms with Crippen LogP contribution in [0.15, 0.2) is 18.2 Å². The molecule has 0 unspecified atom stereocenters. The minimum absolute atomic E-state index is 0.0460. The van der Waals surface area contributed by atoms with Crippen molar-refractivity contribution in [3.8, 4) is 5.75 Å². The smallest absolute Gasteiger partial charge is 0.263 e. The van der Waals surface area contributed by atoms with Crippen molar-refractivity contribution in [1.82, 2.24) is 5.32 Å². The number of anilines is 1. The van der Waals surface area contributed by atoms with Crippen LogP contribution in [-0.2, 0) is 0 Å². The Kier molecular flexibility index (Phi) is 6.39. The zero-order valence-electron chi connectivity index (χ0n) is 17.3. The van der Waals surface area contributed by atoms with Crippen LogP contribution in [0, 0.1) is 23.3 Å². The van der Waals surface area contributed by atoms with Crippen molar-refractivity contribution >= 4 is 50.5 Å². The first kappa shape index (κ1) is 23.8. The third-order valence-corrected chi connectivity index (χ3v) is 5.99. The lowest BCUT2D eigenvalue weighted by atomic mass is 10.1. The summed E-state index contributed by atoms with van der Waals surface area (Å²) in [4.78, 5) is 25.3. The molecule has 2 N–H and O–H groups in total. The summed E-state index contributed by atoms with van der Waals surface area (Å²) in [6.07, 6.45) is 0. The van der Waals surface area contributed by atoms with E-state index in [9.17, 15) is 27.2 Å². The number of nitrogens with one attached hydrogen (secondary N) is 2. The second-order valence-electron chi connectivity index (χ2n) is 7.75. The average Bonchev–Trinajstić information content (AvgIpc) is 3.04. The Balaban J connectivity index is 2.05. The quantitative estimate of drug-likeness (QED) is 0.355. The summed E-state index contributed by atoms with van der Waals surface area (Å²) in [6, 6.07) is 4.47. The maximum absolute atomic E-state index is 14.3. The first-order valence-electron chi connectivity index (χ1n) is 9.12. The summed E-state index contributed by atoms with van der Waals surface area (Å²) in [5.41, 5.74) is -1.94. The number of ether oxygens (including phenoxy) is 1. The van der Waals surface area contributed by atoms with Crippen molar-refractivity contribution in [2.75, 3.05) is 12.4 Å². The van der Waals surface area contributed by atoms with Gasteiger partial charge in [0.05, 0.1) is 22.5 Å². The van der Waals surface area contributed by atoms with E-state index in [1.807, 2.05) is 0 Å². The maximum atomic E-state index is 14.3. The van der Waals surface area contributed by atoms with E-state index in [1.54, 1.807) is 26.8 Å². The molecule has 1 aromatic heterocycles. The summed E-state index contributed by atoms with van der Waals surface area (Å²) < 4.78 is 61.2. The number of hydrogen-bond acceptors (Lipinski definition) is 4. The molecule has 1 heterocycles. The molecule has 32 heavy (non-hydrogen) atoms. The number of halogens is 5. The van der Waals surface area contributed by atoms with Crippen LogP contribution >= 0.6 is 22.9 Å². The van der Waals surface area contributed by atoms with Gasteiger partial charge in [-0.2, -0.15) is 8.78 Å². The molecule has 3 rings (SSSR count). The van der Waals surface area contributed by atoms with Crippen LogP contribution in [0.25, 0.3) is 10.1 Å². The summed E-state index contributed by atoms with van der Waals surface area (Å²) in [6.45, 7) is 5.36. The Hall–Kier alpha value is -2.85. The number of carbonyl (C=O) groups is 2. The molecule has 0 radical (unpaired) electrons. The SMILES string of the molecule is COc1c(F)c(F)c(C(=O)Nc2cccc3c(Cl)c(C(=O)NC(C)(C)C)sc23)c(F)c1F. The highest BCUT2D eigenvalue weighted by atomic mass is 35.5. The maximum Gasteiger partial charge on any atom is 0.263 e. The molecule has 0 saturated carbocycles. The lowest BCUT2D eigenvalue weighted by Crippen LogP contribution is -2.40. The van der Waals surface area contributed by atoms with Crippen LogP contribution in [-0.4, -0.2) is 24.5 Å². The predicted molar refractivity (Wildman–Crippen MR) is 115 cm³/mol. The van der Waals surface area contributed by atoms with Crippen LogP contribution in [0.3, 0.4) is 0 Å². The van der Waals surface area contributed by atoms with E-state index in [0.717, 1.165) is 18.4 Å². The van der Waals surface area contributed by atoms with Crippen molar-refractivity contribution in [2.24, 2.45) is 0 Å². The average molecular weight is 489 g/mol. The molecule has 0 saturated heterocycles. The van der Waals surface area contributed by atoms with E-state index in [4.69, 9.17) is 11.6 Å². The number of fused-ring (bicyclic) bond motifs is 1. The van der Waals surface area contributed by atoms with E-state index in [-0.39, 0.29) is 15.6 Å². The third kappa shape index (κ3) is 4.24. The number of amides is 2. The van der Waals surface area contributed by atoms with Gasteiger partial charge in [-0.15, -0.1) is 11.3 Å². The molecule has 0 bridgehead atoms. The van der Waals surface area contributed by atoms with Gasteiger partial charge in [0.1, 0.15) is 10.4 Å². The van der Waals surface area contributed by atoms with Gasteiger partial charge in [0.2, 0.25) is 11.6 Å². The van der Waals surface area contributed by atoms with Crippen molar-refractivity contribution in [1.29, 1.82) is 0 Å². The lowest BCUT2D eigenvalue weighted by Gasteiger charge is -2.19. The Morgan fingerprint density at radius 2 is 1.59 bits per heavy atom. The summed E-state index contributed by atoms with van der Waals surface area (Å²) >= 11 is 7.28. The minimum Gasteiger partial charge on any atom is -0.491 e. The van der Waals surface area contributed by atoms with E-state index < -0.39 is 51.9 Å². The van der Waals surface area contributed by atoms with Gasteiger partial charge in [-0.25, -0.2) is 8.78 Å². The topological polar surface area (TPSA) is 67.4 Å². The summed E-state index contributed by atoms with van der Waals surface area (Å²) in [7, 11) is 0.828. The van der Waals surface area contributed by atoms with Gasteiger partial charge in [0, 0.05) is 10.9 Å². The first-order chi connectivity index (χ1) is 14.9. The number of hydrogen-bond donors (Lipinski definition) is 2. The first-order valence-corrected chi connectivity index (χ1v) is 10.3. The number of benzene rings is 2. The molecule has 0 fully saturated rings. The Morgan fingerprint density at radius 1 is 1.00 bits per heavy atom. The molecule has 0 aliphatic carbocycles. The van der Waals surface area contributed by atoms with Gasteiger partial charge < -0.3 is 15.4 Å². The summed E-state index contributed by atoms with van der Waals surface area (Å²) in [5.74, 6) is -10.6. The number of rotatable bonds is 4. The molecule has 0 aliphatic rings. The fourth-order valence-electron chi connectivity index (χ4n) is 2.91. The fraction of sp³-hybridized carbons (Fsp3) is 0.238. The second-order valence-corrected chi connectivity index (χ2v) is 9.15. The third-order valence-electron chi connectivity index (χ3n) is 4.25. The van der Waals surface area contributed by atoms with Crippen LogP contribution < -0.4 is 15.4 Å². The van der Waals surface area contributed by atoms with Gasteiger partial charge in [-0.05, 0) is 26.8 Å². The van der Waals surface area contributed by atoms with Crippen LogP contribution in [0.4, 0.5) is 23.2 Å². The molecular weight excluding hydrogens is 472 g/mol. The van der Waals surface area contributed by atoms with E-state index in [1.165, 1.54) is 12.1 Å². The Labute approximate surface area is 189 Å². The van der Waals surface area contributed by atoms with E-state index >= 15 is 0 Å². The van der Waals surface area contributed by atoms with Crippen molar-refractivity contribution < 1.29 is 31.9 Å². The normalized spacial score (nSPS) is 11.5. The van der Waals surface area contributed by atoms with E-state index in [0.29, 0.717) is 10.1 Å². The van der Waals surface area contributed by atoms with Crippen LogP contribution in [0.5, 0.6) is 5.75 Å². The van der Waals surface area contributed by atoms with Crippen molar-refractivity contribution in [3.63, 3.8) is 0 Å². The molecule has 3 aromatic rings. The Bertz CT molecular complexity index is 1230. The van der Waals surface area contributed by atoms with Crippen LogP contribution in [0.2, 0.25) is 5.02 Å². The predicted octanol–water partition coefficient (Wildman–Crippen LogP) is 5.90. The lowest BCUT2D eigenvalue weighted by molar-refractivity contribution is 0.0923. The van der Waals surface area contributed by atoms with Gasteiger partial charge in [0.25, 0.3) is 11.8 Å². The largest absolute Gasteiger partial charge is 0.491 e. The molecule has 11 heteroatoms. The van der Waals surface area contributed by atoms with Gasteiger partial charge >= 0.3 is 0 Å². The van der Waals surface area contributed by atoms with Gasteiger partial charge in [-0.1, -0.05) is 23.7 Å². The molecule has 5 nitrogen and oxygen atoms in total. The van der Waals surface area contributed by atoms with Crippen molar-refractivity contribution in [3.05, 3.63) is 56.9 Å². The number of thiophene rings is 1. The van der Waals surface area contributed by atoms with Gasteiger partial charge in [-0.3, -0.25) is 9.59 Å². The number of carbonyl (C=O) groups excluding carboxylic acids is 2. The zero-order valence-corrected chi connectivity index (χ0v) is 18.8. The highest BCUT2D eigenvalue weighted by Crippen LogP contribution is 2.40. The van der Waals surface area contributed by atoms with E-state index in [2.05, 4.69) is 15.4 Å². The second kappa shape index (κ2) is 8.59. The Morgan fingerprint density at radius 3 is 2.12 bits per heavy atom. The standard InChI is InChI=1S/C21H17ClF4N2O3S/c1-21(2,3)28-20(30)18-11(22)8-6-5-7-9(17(8)32-18)27-19(29)10-12(23)14(25)16(31-4)15(26)13(10)24/h5-7H,1-4H3,(H,27,29)(H,28,30). The van der Waals surface area contributed by atoms with Crippen molar-refractivity contribution in [2.45, 2.75) is 26.3 Å². The molecule has 0 spiro atoms. The monoisotopic (exact) mass is 488 g/mol. The molecular formula is C21H17ClF4N2O3S. The molecule has 170 valence electrons. The highest BCUT2D eigenvalue weighted by molar-refractivity contribution is 7.22. The zero-order chi connectivity index (χ0) is 24.0. The highest BCUT2D eigenvalue weighted by Gasteiger charge is 2.31. The molecule has 0 aliphatic heterocycles. The number of methoxy groups -OCH3 is 1. The molecule has 0 atom stereocenters. The van der Waals surface area contributed by atoms with Gasteiger partial charge in [0.15, 0.2) is 17.4 Å². The molecule has 2 amide bonds. The summed E-state index contributed by atoms with van der Waals surface area (Å²) in [5, 5.41) is 5.53. The molecule has 2 aromatic carbocycles. The van der Waals surface area contributed by atoms with Crippen LogP contribution in [0.1, 0.15) is 40.8 Å².